The minimum atomic E-state index is -4.53. The summed E-state index contributed by atoms with van der Waals surface area (Å²) in [7, 11) is -4.53. The average molecular weight is 319 g/mol. The predicted octanol–water partition coefficient (Wildman–Crippen LogP) is 0.919. The van der Waals surface area contributed by atoms with Gasteiger partial charge in [-0.05, 0) is 25.5 Å². The molecule has 0 bridgehead atoms. The monoisotopic (exact) mass is 319 g/mol. The smallest absolute Gasteiger partial charge is 0.408 e. The van der Waals surface area contributed by atoms with E-state index in [4.69, 9.17) is 4.89 Å². The van der Waals surface area contributed by atoms with E-state index in [1.165, 1.54) is 6.07 Å². The van der Waals surface area contributed by atoms with Gasteiger partial charge in [0.15, 0.2) is 5.75 Å². The highest BCUT2D eigenvalue weighted by Gasteiger charge is 2.33. The zero-order valence-corrected chi connectivity index (χ0v) is 12.6. The fourth-order valence-electron chi connectivity index (χ4n) is 1.29. The maximum Gasteiger partial charge on any atom is 0.408 e. The van der Waals surface area contributed by atoms with Crippen LogP contribution in [0.1, 0.15) is 12.5 Å². The molecule has 118 valence electrons. The zero-order valence-electron chi connectivity index (χ0n) is 11.7. The first-order chi connectivity index (χ1) is 9.86. The van der Waals surface area contributed by atoms with Crippen molar-refractivity contribution in [2.24, 2.45) is 0 Å². The number of carbonyl (C=O) groups is 1. The van der Waals surface area contributed by atoms with Crippen LogP contribution in [-0.4, -0.2) is 35.1 Å². The van der Waals surface area contributed by atoms with Crippen LogP contribution >= 0.6 is 7.60 Å². The van der Waals surface area contributed by atoms with Crippen LogP contribution in [0.3, 0.4) is 0 Å². The Balaban J connectivity index is 2.50. The van der Waals surface area contributed by atoms with Gasteiger partial charge in [-0.1, -0.05) is 22.9 Å². The van der Waals surface area contributed by atoms with Crippen LogP contribution in [0.15, 0.2) is 24.3 Å². The van der Waals surface area contributed by atoms with Gasteiger partial charge in [-0.15, -0.1) is 0 Å². The molecule has 0 aliphatic heterocycles. The number of esters is 1. The second-order valence-electron chi connectivity index (χ2n) is 4.05. The van der Waals surface area contributed by atoms with Gasteiger partial charge >= 0.3 is 13.6 Å². The molecule has 0 aromatic heterocycles. The summed E-state index contributed by atoms with van der Waals surface area (Å²) in [6, 6.07) is 6.67. The van der Waals surface area contributed by atoms with Crippen LogP contribution < -0.4 is 10.2 Å². The molecule has 21 heavy (non-hydrogen) atoms. The fourth-order valence-corrected chi connectivity index (χ4v) is 1.88. The Morgan fingerprint density at radius 1 is 1.43 bits per heavy atom. The predicted molar refractivity (Wildman–Crippen MR) is 73.4 cm³/mol. The summed E-state index contributed by atoms with van der Waals surface area (Å²) in [6.45, 7) is 3.06. The van der Waals surface area contributed by atoms with Crippen molar-refractivity contribution in [2.75, 3.05) is 13.2 Å². The topological polar surface area (TPSA) is 114 Å². The van der Waals surface area contributed by atoms with Crippen molar-refractivity contribution in [1.82, 2.24) is 5.32 Å². The maximum atomic E-state index is 11.7. The third kappa shape index (κ3) is 5.82. The molecule has 1 aromatic carbocycles. The molecule has 0 aliphatic carbocycles. The Morgan fingerprint density at radius 3 is 2.71 bits per heavy atom. The third-order valence-corrected chi connectivity index (χ3v) is 3.46. The summed E-state index contributed by atoms with van der Waals surface area (Å²) in [4.78, 5) is 25.3. The number of nitrogens with one attached hydrogen (secondary N) is 1. The van der Waals surface area contributed by atoms with Crippen LogP contribution in [0, 0.1) is 6.92 Å². The Hall–Kier alpha value is -1.44. The summed E-state index contributed by atoms with van der Waals surface area (Å²) < 4.78 is 20.7. The molecule has 0 radical (unpaired) electrons. The molecule has 3 N–H and O–H groups in total. The summed E-state index contributed by atoms with van der Waals surface area (Å²) in [5, 5.41) is 11.6. The molecule has 8 nitrogen and oxygen atoms in total. The lowest BCUT2D eigenvalue weighted by Gasteiger charge is -2.18. The molecule has 0 saturated carbocycles. The van der Waals surface area contributed by atoms with Crippen LogP contribution in [-0.2, 0) is 18.8 Å². The van der Waals surface area contributed by atoms with Gasteiger partial charge in [0.1, 0.15) is 0 Å². The number of rotatable bonds is 8. The lowest BCUT2D eigenvalue weighted by molar-refractivity contribution is -0.142. The van der Waals surface area contributed by atoms with Gasteiger partial charge in [0.05, 0.1) is 13.2 Å². The number of aryl methyl sites for hydroxylation is 1. The highest BCUT2D eigenvalue weighted by Crippen LogP contribution is 2.45. The first-order valence-electron chi connectivity index (χ1n) is 6.18. The molecule has 0 fully saturated rings. The number of ether oxygens (including phenoxy) is 1. The Labute approximate surface area is 122 Å². The number of hydrogen-bond acceptors (Lipinski definition) is 7. The van der Waals surface area contributed by atoms with E-state index >= 15 is 0 Å². The lowest BCUT2D eigenvalue weighted by Crippen LogP contribution is -2.34. The normalized spacial score (nSPS) is 15.0. The van der Waals surface area contributed by atoms with E-state index in [9.17, 15) is 19.4 Å². The van der Waals surface area contributed by atoms with Crippen molar-refractivity contribution in [3.8, 4) is 5.75 Å². The molecule has 2 atom stereocenters. The molecule has 0 amide bonds. The largest absolute Gasteiger partial charge is 0.465 e. The molecule has 0 aliphatic rings. The molecule has 1 rings (SSSR count). The van der Waals surface area contributed by atoms with Crippen LogP contribution in [0.25, 0.3) is 0 Å². The SMILES string of the molecule is CCOC(=O)CNC(O)P(=O)(O)OOc1ccccc1C. The highest BCUT2D eigenvalue weighted by molar-refractivity contribution is 7.53. The summed E-state index contributed by atoms with van der Waals surface area (Å²) in [5.41, 5.74) is 0.687. The van der Waals surface area contributed by atoms with Gasteiger partial charge in [-0.3, -0.25) is 14.7 Å². The van der Waals surface area contributed by atoms with Crippen LogP contribution in [0.4, 0.5) is 0 Å². The van der Waals surface area contributed by atoms with Crippen LogP contribution in [0.5, 0.6) is 5.75 Å². The second-order valence-corrected chi connectivity index (χ2v) is 5.81. The van der Waals surface area contributed by atoms with E-state index in [0.29, 0.717) is 5.56 Å². The first-order valence-corrected chi connectivity index (χ1v) is 7.83. The number of aliphatic hydroxyl groups excluding tert-OH is 1. The van der Waals surface area contributed by atoms with E-state index in [2.05, 4.69) is 14.7 Å². The third-order valence-electron chi connectivity index (χ3n) is 2.37. The minimum Gasteiger partial charge on any atom is -0.465 e. The molecule has 2 unspecified atom stereocenters. The number of benzene rings is 1. The van der Waals surface area contributed by atoms with Gasteiger partial charge in [0.25, 0.3) is 0 Å². The molecule has 0 spiro atoms. The first kappa shape index (κ1) is 17.6. The van der Waals surface area contributed by atoms with Crippen molar-refractivity contribution in [1.29, 1.82) is 0 Å². The molecule has 1 aromatic rings. The van der Waals surface area contributed by atoms with Gasteiger partial charge in [0, 0.05) is 0 Å². The van der Waals surface area contributed by atoms with Gasteiger partial charge in [0.2, 0.25) is 5.97 Å². The Morgan fingerprint density at radius 2 is 2.10 bits per heavy atom. The highest BCUT2D eigenvalue weighted by atomic mass is 31.2. The van der Waals surface area contributed by atoms with Crippen molar-refractivity contribution >= 4 is 13.6 Å². The van der Waals surface area contributed by atoms with E-state index < -0.39 is 26.1 Å². The molecule has 9 heteroatoms. The number of carbonyl (C=O) groups excluding carboxylic acids is 1. The van der Waals surface area contributed by atoms with Gasteiger partial charge in [-0.25, -0.2) is 0 Å². The van der Waals surface area contributed by atoms with Crippen molar-refractivity contribution in [2.45, 2.75) is 19.8 Å². The number of para-hydroxylation sites is 1. The van der Waals surface area contributed by atoms with Crippen molar-refractivity contribution in [3.63, 3.8) is 0 Å². The number of hydrogen-bond donors (Lipinski definition) is 3. The summed E-state index contributed by atoms with van der Waals surface area (Å²) in [5.74, 6) is -2.41. The number of aliphatic hydroxyl groups is 1. The summed E-state index contributed by atoms with van der Waals surface area (Å²) in [6.07, 6.45) is 0. The Bertz CT molecular complexity index is 522. The average Bonchev–Trinajstić information content (AvgIpc) is 2.44. The van der Waals surface area contributed by atoms with Crippen molar-refractivity contribution in [3.05, 3.63) is 29.8 Å². The van der Waals surface area contributed by atoms with Gasteiger partial charge in [-0.2, -0.15) is 0 Å². The van der Waals surface area contributed by atoms with E-state index in [1.54, 1.807) is 32.0 Å². The molecule has 0 saturated heterocycles. The molecular weight excluding hydrogens is 301 g/mol. The zero-order chi connectivity index (χ0) is 15.9. The maximum absolute atomic E-state index is 11.7. The van der Waals surface area contributed by atoms with E-state index in [1.807, 2.05) is 0 Å². The Kier molecular flexibility index (Phi) is 6.80. The van der Waals surface area contributed by atoms with E-state index in [-0.39, 0.29) is 12.4 Å². The fraction of sp³-hybridized carbons (Fsp3) is 0.417. The van der Waals surface area contributed by atoms with Crippen LogP contribution in [0.2, 0.25) is 0 Å². The standard InChI is InChI=1S/C12H18NO7P/c1-3-18-11(14)8-13-12(15)21(16,17)20-19-10-7-5-4-6-9(10)2/h4-7,12-13,15H,3,8H2,1-2H3,(H,16,17). The summed E-state index contributed by atoms with van der Waals surface area (Å²) >= 11 is 0. The minimum absolute atomic E-state index is 0.167. The molecule has 0 heterocycles. The quantitative estimate of drug-likeness (QED) is 0.213. The van der Waals surface area contributed by atoms with E-state index in [0.717, 1.165) is 0 Å². The van der Waals surface area contributed by atoms with Crippen molar-refractivity contribution < 1.29 is 33.7 Å². The van der Waals surface area contributed by atoms with Gasteiger partial charge < -0.3 is 19.6 Å². The molecular formula is C12H18NO7P. The lowest BCUT2D eigenvalue weighted by atomic mass is 10.2. The second kappa shape index (κ2) is 8.11.